The summed E-state index contributed by atoms with van der Waals surface area (Å²) in [6.45, 7) is 3.93. The number of likely N-dealkylation sites (N-methyl/N-ethyl adjacent to an activating group) is 1. The van der Waals surface area contributed by atoms with E-state index in [0.29, 0.717) is 16.4 Å². The number of anilines is 2. The Morgan fingerprint density at radius 1 is 0.971 bits per heavy atom. The lowest BCUT2D eigenvalue weighted by molar-refractivity contribution is -0.116. The first-order chi connectivity index (χ1) is 16.5. The summed E-state index contributed by atoms with van der Waals surface area (Å²) in [7, 11) is 2.12. The number of nitrogens with one attached hydrogen (secondary N) is 2. The van der Waals surface area contributed by atoms with Crippen molar-refractivity contribution in [1.29, 1.82) is 0 Å². The van der Waals surface area contributed by atoms with E-state index in [1.807, 2.05) is 42.5 Å². The van der Waals surface area contributed by atoms with Crippen LogP contribution in [0.15, 0.2) is 72.9 Å². The van der Waals surface area contributed by atoms with Gasteiger partial charge in [0, 0.05) is 26.2 Å². The number of amides is 2. The number of benzene rings is 2. The van der Waals surface area contributed by atoms with Crippen molar-refractivity contribution in [2.24, 2.45) is 0 Å². The van der Waals surface area contributed by atoms with Crippen LogP contribution in [0.1, 0.15) is 28.4 Å². The minimum absolute atomic E-state index is 0.0576. The van der Waals surface area contributed by atoms with Crippen LogP contribution in [0.4, 0.5) is 11.5 Å². The van der Waals surface area contributed by atoms with Crippen molar-refractivity contribution in [3.8, 4) is 0 Å². The SMILES string of the molecule is CN1CCN(c2ccc(NC(=O)CC(NC(=O)c3ccccc3Cl)c3ccccc3)nc2)CC1. The van der Waals surface area contributed by atoms with E-state index < -0.39 is 6.04 Å². The highest BCUT2D eigenvalue weighted by molar-refractivity contribution is 6.33. The summed E-state index contributed by atoms with van der Waals surface area (Å²) < 4.78 is 0. The van der Waals surface area contributed by atoms with Crippen molar-refractivity contribution in [3.05, 3.63) is 89.1 Å². The molecule has 2 heterocycles. The molecule has 1 unspecified atom stereocenters. The predicted octanol–water partition coefficient (Wildman–Crippen LogP) is 3.99. The molecule has 2 aromatic carbocycles. The minimum Gasteiger partial charge on any atom is -0.368 e. The standard InChI is InChI=1S/C26H28ClN5O2/c1-31-13-15-32(16-14-31)20-11-12-24(28-18-20)30-25(33)17-23(19-7-3-2-4-8-19)29-26(34)21-9-5-6-10-22(21)27/h2-12,18,23H,13-17H2,1H3,(H,29,34)(H,28,30,33). The summed E-state index contributed by atoms with van der Waals surface area (Å²) in [6, 6.07) is 19.5. The van der Waals surface area contributed by atoms with Gasteiger partial charge in [-0.1, -0.05) is 54.1 Å². The lowest BCUT2D eigenvalue weighted by Gasteiger charge is -2.33. The molecule has 1 atom stereocenters. The van der Waals surface area contributed by atoms with Gasteiger partial charge in [-0.3, -0.25) is 9.59 Å². The number of piperazine rings is 1. The van der Waals surface area contributed by atoms with Crippen molar-refractivity contribution in [1.82, 2.24) is 15.2 Å². The summed E-state index contributed by atoms with van der Waals surface area (Å²) in [5, 5.41) is 6.16. The van der Waals surface area contributed by atoms with Crippen LogP contribution >= 0.6 is 11.6 Å². The van der Waals surface area contributed by atoms with Crippen molar-refractivity contribution >= 4 is 34.9 Å². The number of hydrogen-bond acceptors (Lipinski definition) is 5. The Morgan fingerprint density at radius 3 is 2.35 bits per heavy atom. The maximum atomic E-state index is 12.9. The molecule has 34 heavy (non-hydrogen) atoms. The van der Waals surface area contributed by atoms with E-state index in [-0.39, 0.29) is 18.2 Å². The number of halogens is 1. The number of rotatable bonds is 7. The first kappa shape index (κ1) is 23.7. The largest absolute Gasteiger partial charge is 0.368 e. The highest BCUT2D eigenvalue weighted by Crippen LogP contribution is 2.22. The maximum absolute atomic E-state index is 12.9. The van der Waals surface area contributed by atoms with Gasteiger partial charge in [0.25, 0.3) is 5.91 Å². The summed E-state index contributed by atoms with van der Waals surface area (Å²) >= 11 is 6.18. The Bertz CT molecular complexity index is 1120. The average Bonchev–Trinajstić information content (AvgIpc) is 2.85. The number of nitrogens with zero attached hydrogens (tertiary/aromatic N) is 3. The first-order valence-corrected chi connectivity index (χ1v) is 11.7. The topological polar surface area (TPSA) is 77.6 Å². The zero-order valence-electron chi connectivity index (χ0n) is 19.1. The van der Waals surface area contributed by atoms with Gasteiger partial charge in [-0.15, -0.1) is 0 Å². The second-order valence-electron chi connectivity index (χ2n) is 8.36. The molecule has 0 radical (unpaired) electrons. The van der Waals surface area contributed by atoms with Crippen LogP contribution in [0.5, 0.6) is 0 Å². The molecule has 0 bridgehead atoms. The van der Waals surface area contributed by atoms with E-state index in [4.69, 9.17) is 11.6 Å². The molecule has 0 spiro atoms. The molecule has 1 aliphatic heterocycles. The zero-order chi connectivity index (χ0) is 23.9. The number of carbonyl (C=O) groups is 2. The van der Waals surface area contributed by atoms with Gasteiger partial charge in [-0.25, -0.2) is 4.98 Å². The van der Waals surface area contributed by atoms with E-state index in [2.05, 4.69) is 32.5 Å². The molecule has 2 N–H and O–H groups in total. The molecule has 1 aromatic heterocycles. The average molecular weight is 478 g/mol. The van der Waals surface area contributed by atoms with Crippen LogP contribution in [0.25, 0.3) is 0 Å². The van der Waals surface area contributed by atoms with Crippen LogP contribution in [0, 0.1) is 0 Å². The number of carbonyl (C=O) groups excluding carboxylic acids is 2. The molecule has 2 amide bonds. The second kappa shape index (κ2) is 11.1. The monoisotopic (exact) mass is 477 g/mol. The van der Waals surface area contributed by atoms with Crippen molar-refractivity contribution in [2.45, 2.75) is 12.5 Å². The van der Waals surface area contributed by atoms with E-state index in [9.17, 15) is 9.59 Å². The Kier molecular flexibility index (Phi) is 7.77. The maximum Gasteiger partial charge on any atom is 0.253 e. The van der Waals surface area contributed by atoms with Crippen LogP contribution in [-0.2, 0) is 4.79 Å². The molecule has 7 nitrogen and oxygen atoms in total. The molecule has 1 saturated heterocycles. The highest BCUT2D eigenvalue weighted by atomic mass is 35.5. The molecule has 4 rings (SSSR count). The van der Waals surface area contributed by atoms with E-state index >= 15 is 0 Å². The summed E-state index contributed by atoms with van der Waals surface area (Å²) in [6.07, 6.45) is 1.84. The van der Waals surface area contributed by atoms with Crippen molar-refractivity contribution in [3.63, 3.8) is 0 Å². The van der Waals surface area contributed by atoms with Gasteiger partial charge in [-0.2, -0.15) is 0 Å². The summed E-state index contributed by atoms with van der Waals surface area (Å²) in [5.74, 6) is -0.0952. The van der Waals surface area contributed by atoms with Gasteiger partial charge in [0.05, 0.1) is 34.9 Å². The van der Waals surface area contributed by atoms with Gasteiger partial charge >= 0.3 is 0 Å². The smallest absolute Gasteiger partial charge is 0.253 e. The summed E-state index contributed by atoms with van der Waals surface area (Å²) in [5.41, 5.74) is 2.24. The van der Waals surface area contributed by atoms with Gasteiger partial charge in [0.15, 0.2) is 0 Å². The van der Waals surface area contributed by atoms with Gasteiger partial charge < -0.3 is 20.4 Å². The number of pyridine rings is 1. The van der Waals surface area contributed by atoms with E-state index in [1.165, 1.54) is 0 Å². The minimum atomic E-state index is -0.519. The third kappa shape index (κ3) is 6.12. The fourth-order valence-electron chi connectivity index (χ4n) is 3.91. The molecule has 3 aromatic rings. The number of aromatic nitrogens is 1. The normalized spacial score (nSPS) is 14.9. The number of hydrogen-bond donors (Lipinski definition) is 2. The first-order valence-electron chi connectivity index (χ1n) is 11.3. The molecule has 0 aliphatic carbocycles. The molecule has 8 heteroatoms. The van der Waals surface area contributed by atoms with Crippen molar-refractivity contribution < 1.29 is 9.59 Å². The van der Waals surface area contributed by atoms with Crippen LogP contribution in [0.3, 0.4) is 0 Å². The Hall–Kier alpha value is -3.42. The van der Waals surface area contributed by atoms with Crippen LogP contribution in [0.2, 0.25) is 5.02 Å². The Morgan fingerprint density at radius 2 is 1.68 bits per heavy atom. The van der Waals surface area contributed by atoms with Crippen molar-refractivity contribution in [2.75, 3.05) is 43.4 Å². The fourth-order valence-corrected chi connectivity index (χ4v) is 4.13. The van der Waals surface area contributed by atoms with E-state index in [1.54, 1.807) is 30.5 Å². The Balaban J connectivity index is 1.41. The molecule has 0 saturated carbocycles. The quantitative estimate of drug-likeness (QED) is 0.538. The second-order valence-corrected chi connectivity index (χ2v) is 8.77. The van der Waals surface area contributed by atoms with Gasteiger partial charge in [-0.05, 0) is 36.9 Å². The van der Waals surface area contributed by atoms with Crippen LogP contribution in [-0.4, -0.2) is 54.9 Å². The zero-order valence-corrected chi connectivity index (χ0v) is 19.8. The third-order valence-corrected chi connectivity index (χ3v) is 6.23. The lowest BCUT2D eigenvalue weighted by atomic mass is 10.0. The lowest BCUT2D eigenvalue weighted by Crippen LogP contribution is -2.44. The molecular weight excluding hydrogens is 450 g/mol. The van der Waals surface area contributed by atoms with Crippen LogP contribution < -0.4 is 15.5 Å². The molecule has 1 fully saturated rings. The van der Waals surface area contributed by atoms with Gasteiger partial charge in [0.2, 0.25) is 5.91 Å². The highest BCUT2D eigenvalue weighted by Gasteiger charge is 2.21. The Labute approximate surface area is 204 Å². The fraction of sp³-hybridized carbons (Fsp3) is 0.269. The third-order valence-electron chi connectivity index (χ3n) is 5.90. The molecule has 176 valence electrons. The predicted molar refractivity (Wildman–Crippen MR) is 135 cm³/mol. The summed E-state index contributed by atoms with van der Waals surface area (Å²) in [4.78, 5) is 34.7. The van der Waals surface area contributed by atoms with Gasteiger partial charge in [0.1, 0.15) is 5.82 Å². The molecule has 1 aliphatic rings. The van der Waals surface area contributed by atoms with E-state index in [0.717, 1.165) is 37.4 Å². The molecular formula is C26H28ClN5O2.